The highest BCUT2D eigenvalue weighted by Crippen LogP contribution is 2.23. The van der Waals surface area contributed by atoms with Crippen molar-refractivity contribution in [2.24, 2.45) is 0 Å². The van der Waals surface area contributed by atoms with E-state index in [0.717, 1.165) is 89.9 Å². The Hall–Kier alpha value is -2.90. The van der Waals surface area contributed by atoms with Crippen LogP contribution in [0.3, 0.4) is 0 Å². The van der Waals surface area contributed by atoms with Gasteiger partial charge in [-0.2, -0.15) is 0 Å². The average molecular weight is 1150 g/mol. The Kier molecular flexibility index (Phi) is 56.2. The number of carbonyl (C=O) groups is 2. The second-order valence-electron chi connectivity index (χ2n) is 23.5. The molecule has 7 atom stereocenters. The monoisotopic (exact) mass is 1150 g/mol. The van der Waals surface area contributed by atoms with Crippen LogP contribution < -0.4 is 5.32 Å². The first-order valence-corrected chi connectivity index (χ1v) is 34.2. The quantitative estimate of drug-likeness (QED) is 0.0195. The second-order valence-corrected chi connectivity index (χ2v) is 23.5. The number of amides is 1. The number of aliphatic hydroxyl groups is 5. The number of unbranched alkanes of at least 4 members (excludes halogenated alkanes) is 35. The van der Waals surface area contributed by atoms with Gasteiger partial charge in [0.1, 0.15) is 24.4 Å². The topological polar surface area (TPSA) is 175 Å². The molecule has 0 aromatic heterocycles. The minimum absolute atomic E-state index is 0.0145. The van der Waals surface area contributed by atoms with Crippen molar-refractivity contribution in [2.45, 2.75) is 346 Å². The maximum atomic E-state index is 13.1. The fraction of sp³-hybridized carbons (Fsp3) is 0.803. The standard InChI is InChI=1S/C71H127NO10/c1-3-5-7-9-11-13-15-17-35-39-43-47-51-55-59-67(76)80-60-56-52-48-44-40-36-32-30-28-26-24-22-20-18-19-21-23-25-27-29-31-34-38-42-46-50-54-58-66(75)72-63(62-81-71-70(79)69(78)68(77)65(61-73)82-71)64(74)57-53-49-45-41-37-33-16-14-12-10-8-6-4-2/h9,11,15,17-19,22,24,37,41,53,57,63-65,68-71,73-74,77-79H,3-8,10,12-14,16,20-21,23,25-36,38-40,42-52,54-56,58-62H2,1-2H3,(H,72,75)/b11-9-,17-15-,19-18-,24-22-,41-37+,57-53+. The Bertz CT molecular complexity index is 1590. The van der Waals surface area contributed by atoms with Crippen LogP contribution in [0.1, 0.15) is 303 Å². The van der Waals surface area contributed by atoms with Crippen LogP contribution in [-0.2, 0) is 23.8 Å². The number of allylic oxidation sites excluding steroid dienone is 11. The molecule has 1 amide bonds. The summed E-state index contributed by atoms with van der Waals surface area (Å²) in [7, 11) is 0. The molecule has 0 bridgehead atoms. The molecule has 11 heteroatoms. The van der Waals surface area contributed by atoms with Crippen molar-refractivity contribution < 1.29 is 49.3 Å². The molecule has 0 saturated carbocycles. The molecule has 476 valence electrons. The number of hydrogen-bond acceptors (Lipinski definition) is 10. The lowest BCUT2D eigenvalue weighted by Gasteiger charge is -2.40. The smallest absolute Gasteiger partial charge is 0.305 e. The van der Waals surface area contributed by atoms with Crippen LogP contribution in [0.5, 0.6) is 0 Å². The molecule has 1 rings (SSSR count). The van der Waals surface area contributed by atoms with Crippen molar-refractivity contribution in [1.29, 1.82) is 0 Å². The first kappa shape index (κ1) is 77.1. The van der Waals surface area contributed by atoms with Crippen molar-refractivity contribution in [3.63, 3.8) is 0 Å². The van der Waals surface area contributed by atoms with Crippen LogP contribution >= 0.6 is 0 Å². The normalized spacial score (nSPS) is 18.6. The summed E-state index contributed by atoms with van der Waals surface area (Å²) in [6, 6.07) is -0.832. The Morgan fingerprint density at radius 3 is 1.32 bits per heavy atom. The Labute approximate surface area is 502 Å². The van der Waals surface area contributed by atoms with Gasteiger partial charge in [-0.3, -0.25) is 9.59 Å². The van der Waals surface area contributed by atoms with Crippen molar-refractivity contribution in [2.75, 3.05) is 19.8 Å². The summed E-state index contributed by atoms with van der Waals surface area (Å²) in [6.07, 6.45) is 70.2. The molecular weight excluding hydrogens is 1030 g/mol. The molecule has 6 N–H and O–H groups in total. The van der Waals surface area contributed by atoms with Crippen LogP contribution in [0.2, 0.25) is 0 Å². The van der Waals surface area contributed by atoms with Crippen LogP contribution in [0.25, 0.3) is 0 Å². The maximum absolute atomic E-state index is 13.1. The Balaban J connectivity index is 2.02. The fourth-order valence-corrected chi connectivity index (χ4v) is 10.3. The molecule has 0 aromatic rings. The lowest BCUT2D eigenvalue weighted by molar-refractivity contribution is -0.302. The molecule has 0 radical (unpaired) electrons. The number of aliphatic hydroxyl groups excluding tert-OH is 5. The van der Waals surface area contributed by atoms with Gasteiger partial charge < -0.3 is 45.1 Å². The third-order valence-corrected chi connectivity index (χ3v) is 15.8. The maximum Gasteiger partial charge on any atom is 0.305 e. The van der Waals surface area contributed by atoms with Gasteiger partial charge in [-0.15, -0.1) is 0 Å². The number of ether oxygens (including phenoxy) is 3. The van der Waals surface area contributed by atoms with E-state index in [0.29, 0.717) is 19.4 Å². The SMILES string of the molecule is CCCC/C=C\C/C=C\CCCCCCCC(=O)OCCCCCCCCCCC/C=C\C/C=C\CCCCCCCCCCCCCC(=O)NC(COC1OC(CO)C(O)C(O)C1O)C(O)/C=C/CC/C=C/CCCCCCCCC. The summed E-state index contributed by atoms with van der Waals surface area (Å²) in [5, 5.41) is 54.4. The highest BCUT2D eigenvalue weighted by atomic mass is 16.7. The van der Waals surface area contributed by atoms with Gasteiger partial charge in [0, 0.05) is 12.8 Å². The lowest BCUT2D eigenvalue weighted by atomic mass is 9.99. The van der Waals surface area contributed by atoms with Crippen molar-refractivity contribution in [1.82, 2.24) is 5.32 Å². The van der Waals surface area contributed by atoms with Gasteiger partial charge in [-0.05, 0) is 103 Å². The summed E-state index contributed by atoms with van der Waals surface area (Å²) in [5.74, 6) is -0.210. The summed E-state index contributed by atoms with van der Waals surface area (Å²) < 4.78 is 16.7. The van der Waals surface area contributed by atoms with Gasteiger partial charge in [-0.25, -0.2) is 0 Å². The van der Waals surface area contributed by atoms with Gasteiger partial charge in [0.25, 0.3) is 0 Å². The van der Waals surface area contributed by atoms with Gasteiger partial charge >= 0.3 is 5.97 Å². The number of esters is 1. The third-order valence-electron chi connectivity index (χ3n) is 15.8. The Morgan fingerprint density at radius 2 is 0.841 bits per heavy atom. The molecule has 1 fully saturated rings. The molecule has 82 heavy (non-hydrogen) atoms. The molecule has 0 spiro atoms. The van der Waals surface area contributed by atoms with Crippen LogP contribution in [0.4, 0.5) is 0 Å². The van der Waals surface area contributed by atoms with Gasteiger partial charge in [0.15, 0.2) is 6.29 Å². The van der Waals surface area contributed by atoms with E-state index >= 15 is 0 Å². The van der Waals surface area contributed by atoms with Crippen LogP contribution in [-0.4, -0.2) is 100 Å². The zero-order chi connectivity index (χ0) is 59.5. The van der Waals surface area contributed by atoms with E-state index in [1.54, 1.807) is 6.08 Å². The van der Waals surface area contributed by atoms with E-state index in [2.05, 4.69) is 79.9 Å². The summed E-state index contributed by atoms with van der Waals surface area (Å²) in [6.45, 7) is 4.28. The van der Waals surface area contributed by atoms with Gasteiger partial charge in [0.2, 0.25) is 5.91 Å². The number of rotatable bonds is 59. The number of carbonyl (C=O) groups excluding carboxylic acids is 2. The van der Waals surface area contributed by atoms with E-state index in [1.165, 1.54) is 186 Å². The second kappa shape index (κ2) is 59.8. The molecule has 0 aliphatic carbocycles. The first-order valence-electron chi connectivity index (χ1n) is 34.2. The summed E-state index contributed by atoms with van der Waals surface area (Å²) in [5.41, 5.74) is 0. The zero-order valence-electron chi connectivity index (χ0n) is 52.7. The Morgan fingerprint density at radius 1 is 0.451 bits per heavy atom. The minimum Gasteiger partial charge on any atom is -0.466 e. The molecule has 7 unspecified atom stereocenters. The zero-order valence-corrected chi connectivity index (χ0v) is 52.7. The van der Waals surface area contributed by atoms with Crippen LogP contribution in [0.15, 0.2) is 72.9 Å². The third kappa shape index (κ3) is 48.3. The number of hydrogen-bond donors (Lipinski definition) is 6. The highest BCUT2D eigenvalue weighted by Gasteiger charge is 2.44. The lowest BCUT2D eigenvalue weighted by Crippen LogP contribution is -2.60. The summed E-state index contributed by atoms with van der Waals surface area (Å²) >= 11 is 0. The number of nitrogens with one attached hydrogen (secondary N) is 1. The average Bonchev–Trinajstić information content (AvgIpc) is 3.64. The van der Waals surface area contributed by atoms with E-state index in [1.807, 2.05) is 6.08 Å². The van der Waals surface area contributed by atoms with Crippen molar-refractivity contribution in [3.05, 3.63) is 72.9 Å². The van der Waals surface area contributed by atoms with E-state index in [4.69, 9.17) is 14.2 Å². The minimum atomic E-state index is -1.58. The molecule has 1 heterocycles. The van der Waals surface area contributed by atoms with Crippen molar-refractivity contribution >= 4 is 11.9 Å². The summed E-state index contributed by atoms with van der Waals surface area (Å²) in [4.78, 5) is 25.1. The van der Waals surface area contributed by atoms with E-state index in [9.17, 15) is 35.1 Å². The van der Waals surface area contributed by atoms with Crippen molar-refractivity contribution in [3.8, 4) is 0 Å². The first-order chi connectivity index (χ1) is 40.2. The van der Waals surface area contributed by atoms with Crippen LogP contribution in [0, 0.1) is 0 Å². The molecular formula is C71H127NO10. The largest absolute Gasteiger partial charge is 0.466 e. The predicted octanol–water partition coefficient (Wildman–Crippen LogP) is 17.1. The molecule has 1 aliphatic rings. The predicted molar refractivity (Wildman–Crippen MR) is 343 cm³/mol. The molecule has 1 aliphatic heterocycles. The van der Waals surface area contributed by atoms with Gasteiger partial charge in [0.05, 0.1) is 32.0 Å². The fourth-order valence-electron chi connectivity index (χ4n) is 10.3. The van der Waals surface area contributed by atoms with E-state index < -0.39 is 49.5 Å². The molecule has 1 saturated heterocycles. The highest BCUT2D eigenvalue weighted by molar-refractivity contribution is 5.76. The van der Waals surface area contributed by atoms with E-state index in [-0.39, 0.29) is 18.5 Å². The van der Waals surface area contributed by atoms with Gasteiger partial charge in [-0.1, -0.05) is 260 Å². The molecule has 0 aromatic carbocycles. The molecule has 11 nitrogen and oxygen atoms in total.